The van der Waals surface area contributed by atoms with Gasteiger partial charge in [-0.2, -0.15) is 4.98 Å². The first-order valence-electron chi connectivity index (χ1n) is 6.78. The first kappa shape index (κ1) is 17.1. The van der Waals surface area contributed by atoms with E-state index in [0.29, 0.717) is 12.5 Å². The van der Waals surface area contributed by atoms with Crippen molar-refractivity contribution in [3.05, 3.63) is 15.8 Å². The summed E-state index contributed by atoms with van der Waals surface area (Å²) in [6.45, 7) is 4.06. The molecular weight excluding hydrogens is 278 g/mol. The predicted molar refractivity (Wildman–Crippen MR) is 78.6 cm³/mol. The fraction of sp³-hybridized carbons (Fsp3) is 0.667. The maximum atomic E-state index is 11.2. The molecule has 1 aromatic rings. The molecule has 0 unspecified atom stereocenters. The van der Waals surface area contributed by atoms with Gasteiger partial charge in [-0.15, -0.1) is 0 Å². The molecule has 0 saturated heterocycles. The minimum atomic E-state index is -0.546. The number of nitro groups is 1. The van der Waals surface area contributed by atoms with Crippen molar-refractivity contribution < 1.29 is 15.1 Å². The summed E-state index contributed by atoms with van der Waals surface area (Å²) in [5.41, 5.74) is 0.0310. The minimum Gasteiger partial charge on any atom is -0.395 e. The largest absolute Gasteiger partial charge is 0.395 e. The summed E-state index contributed by atoms with van der Waals surface area (Å²) in [7, 11) is 0. The second-order valence-corrected chi connectivity index (χ2v) is 4.42. The highest BCUT2D eigenvalue weighted by Crippen LogP contribution is 2.29. The van der Waals surface area contributed by atoms with Gasteiger partial charge in [0.15, 0.2) is 0 Å². The van der Waals surface area contributed by atoms with Crippen molar-refractivity contribution >= 4 is 17.5 Å². The molecule has 0 saturated carbocycles. The van der Waals surface area contributed by atoms with E-state index < -0.39 is 4.92 Å². The van der Waals surface area contributed by atoms with E-state index in [1.807, 2.05) is 6.92 Å². The topological polar surface area (TPSA) is 125 Å². The lowest BCUT2D eigenvalue weighted by atomic mass is 10.3. The van der Waals surface area contributed by atoms with Gasteiger partial charge in [0, 0.05) is 19.6 Å². The number of aliphatic hydroxyl groups is 2. The van der Waals surface area contributed by atoms with Gasteiger partial charge in [0.2, 0.25) is 11.8 Å². The molecule has 0 spiro atoms. The van der Waals surface area contributed by atoms with Crippen molar-refractivity contribution in [3.8, 4) is 0 Å². The maximum absolute atomic E-state index is 11.2. The van der Waals surface area contributed by atoms with Crippen LogP contribution in [0.2, 0.25) is 0 Å². The SMILES string of the molecule is CCCNc1nc(C)c([N+](=O)[O-])c(N(CCO)CCO)n1. The van der Waals surface area contributed by atoms with Gasteiger partial charge in [0.05, 0.1) is 18.1 Å². The molecule has 0 aliphatic rings. The third-order valence-electron chi connectivity index (χ3n) is 2.79. The number of rotatable bonds is 9. The molecule has 1 heterocycles. The first-order chi connectivity index (χ1) is 10.0. The number of hydrogen-bond donors (Lipinski definition) is 3. The number of anilines is 2. The Labute approximate surface area is 122 Å². The number of aryl methyl sites for hydroxylation is 1. The van der Waals surface area contributed by atoms with Crippen LogP contribution < -0.4 is 10.2 Å². The molecule has 9 nitrogen and oxygen atoms in total. The number of hydrogen-bond acceptors (Lipinski definition) is 8. The summed E-state index contributed by atoms with van der Waals surface area (Å²) in [5, 5.41) is 32.4. The quantitative estimate of drug-likeness (QED) is 0.439. The van der Waals surface area contributed by atoms with E-state index in [2.05, 4.69) is 15.3 Å². The van der Waals surface area contributed by atoms with Crippen LogP contribution in [0.3, 0.4) is 0 Å². The lowest BCUT2D eigenvalue weighted by Gasteiger charge is -2.22. The second-order valence-electron chi connectivity index (χ2n) is 4.42. The molecule has 0 radical (unpaired) electrons. The van der Waals surface area contributed by atoms with E-state index in [1.165, 1.54) is 11.8 Å². The summed E-state index contributed by atoms with van der Waals surface area (Å²) in [6, 6.07) is 0. The summed E-state index contributed by atoms with van der Waals surface area (Å²) in [4.78, 5) is 20.4. The zero-order chi connectivity index (χ0) is 15.8. The summed E-state index contributed by atoms with van der Waals surface area (Å²) >= 11 is 0. The molecule has 9 heteroatoms. The molecule has 0 amide bonds. The third-order valence-corrected chi connectivity index (χ3v) is 2.79. The predicted octanol–water partition coefficient (Wildman–Crippen LogP) is 0.306. The highest BCUT2D eigenvalue weighted by molar-refractivity contribution is 5.62. The molecule has 0 fully saturated rings. The smallest absolute Gasteiger partial charge is 0.332 e. The van der Waals surface area contributed by atoms with E-state index >= 15 is 0 Å². The standard InChI is InChI=1S/C12H21N5O4/c1-3-4-13-12-14-9(2)10(17(20)21)11(15-12)16(5-7-18)6-8-19/h18-19H,3-8H2,1-2H3,(H,13,14,15). The molecule has 3 N–H and O–H groups in total. The number of aromatic nitrogens is 2. The van der Waals surface area contributed by atoms with E-state index in [1.54, 1.807) is 0 Å². The zero-order valence-corrected chi connectivity index (χ0v) is 12.2. The van der Waals surface area contributed by atoms with Crippen molar-refractivity contribution in [1.29, 1.82) is 0 Å². The van der Waals surface area contributed by atoms with Gasteiger partial charge in [-0.25, -0.2) is 4.98 Å². The van der Waals surface area contributed by atoms with E-state index in [4.69, 9.17) is 10.2 Å². The Morgan fingerprint density at radius 2 is 1.90 bits per heavy atom. The van der Waals surface area contributed by atoms with Crippen molar-refractivity contribution in [2.24, 2.45) is 0 Å². The van der Waals surface area contributed by atoms with Crippen LogP contribution in [-0.2, 0) is 0 Å². The van der Waals surface area contributed by atoms with Crippen molar-refractivity contribution in [3.63, 3.8) is 0 Å². The second kappa shape index (κ2) is 8.32. The first-order valence-corrected chi connectivity index (χ1v) is 6.78. The normalized spacial score (nSPS) is 10.5. The van der Waals surface area contributed by atoms with Gasteiger partial charge in [0.25, 0.3) is 0 Å². The Morgan fingerprint density at radius 1 is 1.29 bits per heavy atom. The van der Waals surface area contributed by atoms with Gasteiger partial charge in [-0.3, -0.25) is 10.1 Å². The monoisotopic (exact) mass is 299 g/mol. The molecular formula is C12H21N5O4. The highest BCUT2D eigenvalue weighted by Gasteiger charge is 2.26. The lowest BCUT2D eigenvalue weighted by molar-refractivity contribution is -0.385. The van der Waals surface area contributed by atoms with Gasteiger partial charge in [0.1, 0.15) is 5.69 Å². The van der Waals surface area contributed by atoms with Crippen LogP contribution in [0.25, 0.3) is 0 Å². The Hall–Kier alpha value is -2.00. The Bertz CT molecular complexity index is 477. The molecule has 1 rings (SSSR count). The van der Waals surface area contributed by atoms with Crippen LogP contribution in [-0.4, -0.2) is 58.0 Å². The summed E-state index contributed by atoms with van der Waals surface area (Å²) in [6.07, 6.45) is 0.867. The number of aliphatic hydroxyl groups excluding tert-OH is 2. The lowest BCUT2D eigenvalue weighted by Crippen LogP contribution is -2.31. The van der Waals surface area contributed by atoms with Crippen LogP contribution in [0.1, 0.15) is 19.0 Å². The average molecular weight is 299 g/mol. The van der Waals surface area contributed by atoms with Crippen molar-refractivity contribution in [1.82, 2.24) is 9.97 Å². The van der Waals surface area contributed by atoms with Gasteiger partial charge >= 0.3 is 5.69 Å². The van der Waals surface area contributed by atoms with Crippen LogP contribution in [0.15, 0.2) is 0 Å². The van der Waals surface area contributed by atoms with Crippen LogP contribution in [0, 0.1) is 17.0 Å². The molecule has 118 valence electrons. The number of nitrogens with one attached hydrogen (secondary N) is 1. The Balaban J connectivity index is 3.27. The number of nitrogens with zero attached hydrogens (tertiary/aromatic N) is 4. The molecule has 0 aromatic carbocycles. The van der Waals surface area contributed by atoms with E-state index in [9.17, 15) is 10.1 Å². The summed E-state index contributed by atoms with van der Waals surface area (Å²) in [5.74, 6) is 0.407. The van der Waals surface area contributed by atoms with Gasteiger partial charge in [-0.05, 0) is 13.3 Å². The van der Waals surface area contributed by atoms with E-state index in [-0.39, 0.29) is 43.5 Å². The third kappa shape index (κ3) is 4.50. The van der Waals surface area contributed by atoms with Gasteiger partial charge in [-0.1, -0.05) is 6.92 Å². The fourth-order valence-electron chi connectivity index (χ4n) is 1.87. The molecule has 0 aliphatic heterocycles. The van der Waals surface area contributed by atoms with E-state index in [0.717, 1.165) is 6.42 Å². The molecule has 1 aromatic heterocycles. The van der Waals surface area contributed by atoms with Crippen molar-refractivity contribution in [2.45, 2.75) is 20.3 Å². The molecule has 21 heavy (non-hydrogen) atoms. The van der Waals surface area contributed by atoms with Crippen molar-refractivity contribution in [2.75, 3.05) is 43.1 Å². The zero-order valence-electron chi connectivity index (χ0n) is 12.2. The van der Waals surface area contributed by atoms with Gasteiger partial charge < -0.3 is 20.4 Å². The van der Waals surface area contributed by atoms with Crippen LogP contribution >= 0.6 is 0 Å². The fourth-order valence-corrected chi connectivity index (χ4v) is 1.87. The van der Waals surface area contributed by atoms with Crippen LogP contribution in [0.4, 0.5) is 17.5 Å². The summed E-state index contributed by atoms with van der Waals surface area (Å²) < 4.78 is 0. The molecule has 0 atom stereocenters. The average Bonchev–Trinajstić information content (AvgIpc) is 2.43. The van der Waals surface area contributed by atoms with Crippen LogP contribution in [0.5, 0.6) is 0 Å². The Kier molecular flexibility index (Phi) is 6.76. The maximum Gasteiger partial charge on any atom is 0.332 e. The highest BCUT2D eigenvalue weighted by atomic mass is 16.6. The molecule has 0 bridgehead atoms. The minimum absolute atomic E-state index is 0.106. The molecule has 0 aliphatic carbocycles. The Morgan fingerprint density at radius 3 is 2.38 bits per heavy atom.